The number of carbonyl (C=O) groups excluding carboxylic acids is 2. The van der Waals surface area contributed by atoms with Crippen molar-refractivity contribution in [3.63, 3.8) is 0 Å². The number of ether oxygens (including phenoxy) is 1. The number of likely N-dealkylation sites (tertiary alicyclic amines) is 1. The number of hydrogen-bond donors (Lipinski definition) is 0. The summed E-state index contributed by atoms with van der Waals surface area (Å²) in [4.78, 5) is 37.0. The van der Waals surface area contributed by atoms with E-state index in [4.69, 9.17) is 32.9 Å². The predicted octanol–water partition coefficient (Wildman–Crippen LogP) is 7.57. The highest BCUT2D eigenvalue weighted by Gasteiger charge is 2.54. The number of thioether (sulfide) groups is 1. The molecule has 1 amide bonds. The number of amides is 1. The molecule has 2 aromatic carbocycles. The van der Waals surface area contributed by atoms with Crippen molar-refractivity contribution in [2.45, 2.75) is 77.6 Å². The van der Waals surface area contributed by atoms with Crippen LogP contribution < -0.4 is 0 Å². The molecule has 3 heterocycles. The molecular weight excluding hydrogens is 565 g/mol. The van der Waals surface area contributed by atoms with Crippen molar-refractivity contribution < 1.29 is 14.3 Å². The van der Waals surface area contributed by atoms with E-state index in [0.29, 0.717) is 27.9 Å². The van der Waals surface area contributed by atoms with Crippen LogP contribution in [-0.2, 0) is 19.9 Å². The van der Waals surface area contributed by atoms with Crippen LogP contribution in [0.15, 0.2) is 64.1 Å². The van der Waals surface area contributed by atoms with Gasteiger partial charge in [0, 0.05) is 22.3 Å². The number of carbonyl (C=O) groups is 2. The molecule has 9 heteroatoms. The molecule has 1 saturated heterocycles. The number of benzene rings is 2. The van der Waals surface area contributed by atoms with Crippen LogP contribution in [0.2, 0.25) is 10.0 Å². The third-order valence-electron chi connectivity index (χ3n) is 7.56. The van der Waals surface area contributed by atoms with Crippen molar-refractivity contribution in [2.24, 2.45) is 10.9 Å². The van der Waals surface area contributed by atoms with E-state index in [9.17, 15) is 9.59 Å². The molecule has 6 nitrogen and oxygen atoms in total. The van der Waals surface area contributed by atoms with Crippen LogP contribution in [0.1, 0.15) is 71.6 Å². The first-order valence-corrected chi connectivity index (χ1v) is 15.2. The molecule has 2 aromatic rings. The number of amidine groups is 1. The van der Waals surface area contributed by atoms with Crippen LogP contribution in [0.25, 0.3) is 0 Å². The van der Waals surface area contributed by atoms with Gasteiger partial charge < -0.3 is 14.5 Å². The van der Waals surface area contributed by atoms with Crippen molar-refractivity contribution in [3.05, 3.63) is 80.3 Å². The zero-order valence-electron chi connectivity index (χ0n) is 23.7. The maximum Gasteiger partial charge on any atom is 0.329 e. The van der Waals surface area contributed by atoms with Gasteiger partial charge in [-0.05, 0) is 93.6 Å². The molecule has 0 aromatic heterocycles. The lowest BCUT2D eigenvalue weighted by Crippen LogP contribution is -2.44. The molecule has 0 saturated carbocycles. The Balaban J connectivity index is 1.57. The standard InChI is InChI=1S/C31H35Cl2N3O3S/c1-18(2)24-25(27(37)35-17-7-8-23(35)28(38)39-30(3,4)5)40-29-34-31(6,20-11-15-22(33)16-12-20)26(36(24)29)19-9-13-21(32)14-10-19/h9-16,18,23,26H,7-8,17H2,1-6H3/t23-,26+,31-/m0/s1. The summed E-state index contributed by atoms with van der Waals surface area (Å²) in [5.74, 6) is -0.452. The van der Waals surface area contributed by atoms with Crippen LogP contribution in [0.3, 0.4) is 0 Å². The van der Waals surface area contributed by atoms with Crippen LogP contribution in [0, 0.1) is 5.92 Å². The Hall–Kier alpha value is -2.48. The number of aliphatic imine (C=N–C) groups is 1. The Bertz CT molecular complexity index is 1380. The maximum atomic E-state index is 14.2. The van der Waals surface area contributed by atoms with Crippen molar-refractivity contribution in [3.8, 4) is 0 Å². The molecule has 0 aliphatic carbocycles. The van der Waals surface area contributed by atoms with Gasteiger partial charge in [0.05, 0.1) is 6.04 Å². The average Bonchev–Trinajstić information content (AvgIpc) is 3.56. The van der Waals surface area contributed by atoms with E-state index in [1.807, 2.05) is 69.3 Å². The van der Waals surface area contributed by atoms with E-state index in [1.165, 1.54) is 11.8 Å². The summed E-state index contributed by atoms with van der Waals surface area (Å²) in [6.45, 7) is 12.4. The summed E-state index contributed by atoms with van der Waals surface area (Å²) < 4.78 is 5.67. The van der Waals surface area contributed by atoms with E-state index in [2.05, 4.69) is 25.7 Å². The van der Waals surface area contributed by atoms with Gasteiger partial charge in [-0.2, -0.15) is 0 Å². The lowest BCUT2D eigenvalue weighted by atomic mass is 9.81. The fourth-order valence-corrected chi connectivity index (χ4v) is 7.43. The van der Waals surface area contributed by atoms with Crippen molar-refractivity contribution >= 4 is 52.0 Å². The minimum absolute atomic E-state index is 0.0316. The number of nitrogens with zero attached hydrogens (tertiary/aromatic N) is 3. The van der Waals surface area contributed by atoms with Crippen molar-refractivity contribution in [2.75, 3.05) is 6.54 Å². The Morgan fingerprint density at radius 2 is 1.65 bits per heavy atom. The highest BCUT2D eigenvalue weighted by atomic mass is 35.5. The molecule has 40 heavy (non-hydrogen) atoms. The Morgan fingerprint density at radius 1 is 1.05 bits per heavy atom. The molecule has 3 atom stereocenters. The minimum atomic E-state index is -0.637. The molecule has 0 unspecified atom stereocenters. The van der Waals surface area contributed by atoms with E-state index in [-0.39, 0.29) is 23.8 Å². The summed E-state index contributed by atoms with van der Waals surface area (Å²) >= 11 is 13.9. The molecule has 5 rings (SSSR count). The zero-order chi connectivity index (χ0) is 29.0. The van der Waals surface area contributed by atoms with Crippen LogP contribution in [0.5, 0.6) is 0 Å². The van der Waals surface area contributed by atoms with Gasteiger partial charge in [-0.15, -0.1) is 0 Å². The Kier molecular flexibility index (Phi) is 7.79. The quantitative estimate of drug-likeness (QED) is 0.332. The highest BCUT2D eigenvalue weighted by Crippen LogP contribution is 2.56. The maximum absolute atomic E-state index is 14.2. The number of hydrogen-bond acceptors (Lipinski definition) is 6. The normalized spacial score (nSPS) is 24.6. The van der Waals surface area contributed by atoms with E-state index in [0.717, 1.165) is 28.4 Å². The first-order valence-electron chi connectivity index (χ1n) is 13.7. The first kappa shape index (κ1) is 29.0. The zero-order valence-corrected chi connectivity index (χ0v) is 26.0. The molecule has 1 fully saturated rings. The number of halogens is 2. The van der Waals surface area contributed by atoms with Gasteiger partial charge in [0.2, 0.25) is 0 Å². The predicted molar refractivity (Wildman–Crippen MR) is 162 cm³/mol. The molecule has 0 N–H and O–H groups in total. The molecule has 0 spiro atoms. The number of esters is 1. The van der Waals surface area contributed by atoms with Gasteiger partial charge in [-0.1, -0.05) is 61.3 Å². The second kappa shape index (κ2) is 10.7. The Labute approximate surface area is 250 Å². The smallest absolute Gasteiger partial charge is 0.329 e. The second-order valence-corrected chi connectivity index (χ2v) is 13.9. The molecule has 0 radical (unpaired) electrons. The van der Waals surface area contributed by atoms with Gasteiger partial charge in [-0.25, -0.2) is 9.79 Å². The largest absolute Gasteiger partial charge is 0.458 e. The molecule has 212 valence electrons. The van der Waals surface area contributed by atoms with Gasteiger partial charge >= 0.3 is 5.97 Å². The molecule has 3 aliphatic heterocycles. The lowest BCUT2D eigenvalue weighted by Gasteiger charge is -2.37. The van der Waals surface area contributed by atoms with Gasteiger partial charge in [0.15, 0.2) is 5.17 Å². The van der Waals surface area contributed by atoms with E-state index < -0.39 is 17.2 Å². The summed E-state index contributed by atoms with van der Waals surface area (Å²) in [5.41, 5.74) is 1.73. The SMILES string of the molecule is CC(C)C1=C(C(=O)N2CCC[C@H]2C(=O)OC(C)(C)C)SC2=N[C@@](C)(c3ccc(Cl)cc3)[C@@H](c3ccc(Cl)cc3)N21. The first-order chi connectivity index (χ1) is 18.8. The van der Waals surface area contributed by atoms with E-state index >= 15 is 0 Å². The highest BCUT2D eigenvalue weighted by molar-refractivity contribution is 8.18. The summed E-state index contributed by atoms with van der Waals surface area (Å²) in [6.07, 6.45) is 1.36. The second-order valence-electron chi connectivity index (χ2n) is 12.0. The monoisotopic (exact) mass is 599 g/mol. The van der Waals surface area contributed by atoms with Gasteiger partial charge in [0.1, 0.15) is 22.1 Å². The fourth-order valence-electron chi connectivity index (χ4n) is 5.82. The topological polar surface area (TPSA) is 62.2 Å². The number of allylic oxidation sites excluding steroid dienone is 1. The van der Waals surface area contributed by atoms with Crippen LogP contribution in [0.4, 0.5) is 0 Å². The average molecular weight is 601 g/mol. The van der Waals surface area contributed by atoms with Crippen molar-refractivity contribution in [1.82, 2.24) is 9.80 Å². The van der Waals surface area contributed by atoms with Gasteiger partial charge in [-0.3, -0.25) is 4.79 Å². The van der Waals surface area contributed by atoms with Gasteiger partial charge in [0.25, 0.3) is 5.91 Å². The van der Waals surface area contributed by atoms with Crippen LogP contribution in [-0.4, -0.2) is 45.0 Å². The fraction of sp³-hybridized carbons (Fsp3) is 0.452. The molecular formula is C31H35Cl2N3O3S. The third kappa shape index (κ3) is 5.28. The minimum Gasteiger partial charge on any atom is -0.458 e. The van der Waals surface area contributed by atoms with E-state index in [1.54, 1.807) is 4.90 Å². The number of rotatable bonds is 5. The summed E-state index contributed by atoms with van der Waals surface area (Å²) in [7, 11) is 0. The summed E-state index contributed by atoms with van der Waals surface area (Å²) in [6, 6.07) is 14.8. The molecule has 3 aliphatic rings. The van der Waals surface area contributed by atoms with Crippen molar-refractivity contribution in [1.29, 1.82) is 0 Å². The molecule has 0 bridgehead atoms. The lowest BCUT2D eigenvalue weighted by molar-refractivity contribution is -0.162. The van der Waals surface area contributed by atoms with Crippen LogP contribution >= 0.6 is 35.0 Å². The number of fused-ring (bicyclic) bond motifs is 1. The third-order valence-corrected chi connectivity index (χ3v) is 9.12. The summed E-state index contributed by atoms with van der Waals surface area (Å²) in [5, 5.41) is 2.10. The Morgan fingerprint density at radius 3 is 2.23 bits per heavy atom.